The van der Waals surface area contributed by atoms with Crippen molar-refractivity contribution in [3.05, 3.63) is 65.6 Å². The van der Waals surface area contributed by atoms with E-state index in [0.29, 0.717) is 24.7 Å². The van der Waals surface area contributed by atoms with Crippen LogP contribution in [0.4, 0.5) is 19.3 Å². The highest BCUT2D eigenvalue weighted by atomic mass is 19.2. The van der Waals surface area contributed by atoms with Crippen molar-refractivity contribution in [2.75, 3.05) is 11.9 Å². The van der Waals surface area contributed by atoms with Gasteiger partial charge in [-0.15, -0.1) is 0 Å². The zero-order chi connectivity index (χ0) is 20.4. The smallest absolute Gasteiger partial charge is 0.322 e. The second kappa shape index (κ2) is 7.98. The summed E-state index contributed by atoms with van der Waals surface area (Å²) >= 11 is 0. The molecule has 1 aliphatic heterocycles. The molecule has 3 aromatic rings. The molecule has 0 radical (unpaired) electrons. The largest absolute Gasteiger partial charge is 0.337 e. The molecule has 29 heavy (non-hydrogen) atoms. The number of hydrogen-bond donors (Lipinski definition) is 1. The summed E-state index contributed by atoms with van der Waals surface area (Å²) in [5.41, 5.74) is 2.11. The van der Waals surface area contributed by atoms with Crippen molar-refractivity contribution in [1.29, 1.82) is 0 Å². The summed E-state index contributed by atoms with van der Waals surface area (Å²) in [6.45, 7) is 2.48. The van der Waals surface area contributed by atoms with Crippen LogP contribution in [0.3, 0.4) is 0 Å². The Morgan fingerprint density at radius 1 is 1.17 bits per heavy atom. The van der Waals surface area contributed by atoms with Crippen LogP contribution in [0.15, 0.2) is 47.0 Å². The first-order valence-corrected chi connectivity index (χ1v) is 9.44. The predicted molar refractivity (Wildman–Crippen MR) is 103 cm³/mol. The molecule has 1 aliphatic rings. The van der Waals surface area contributed by atoms with Gasteiger partial charge in [-0.25, -0.2) is 13.6 Å². The van der Waals surface area contributed by atoms with Crippen LogP contribution in [0.25, 0.3) is 11.4 Å². The number of piperidine rings is 1. The highest BCUT2D eigenvalue weighted by Crippen LogP contribution is 2.32. The standard InChI is InChI=1S/C21H20F2N4O2/c1-13-5-4-6-14(11-13)19-25-20(29-26-19)18-7-2-3-10-27(18)21(28)24-15-8-9-16(22)17(23)12-15/h4-6,8-9,11-12,18H,2-3,7,10H2,1H3,(H,24,28)/t18-/m0/s1. The molecule has 2 aromatic carbocycles. The summed E-state index contributed by atoms with van der Waals surface area (Å²) in [5, 5.41) is 6.68. The van der Waals surface area contributed by atoms with Gasteiger partial charge >= 0.3 is 6.03 Å². The number of aryl methyl sites for hydroxylation is 1. The number of urea groups is 1. The summed E-state index contributed by atoms with van der Waals surface area (Å²) in [7, 11) is 0. The van der Waals surface area contributed by atoms with E-state index in [-0.39, 0.29) is 11.7 Å². The highest BCUT2D eigenvalue weighted by molar-refractivity contribution is 5.89. The fraction of sp³-hybridized carbons (Fsp3) is 0.286. The van der Waals surface area contributed by atoms with Gasteiger partial charge in [0.25, 0.3) is 0 Å². The van der Waals surface area contributed by atoms with Gasteiger partial charge in [-0.2, -0.15) is 4.98 Å². The number of benzene rings is 2. The van der Waals surface area contributed by atoms with E-state index in [4.69, 9.17) is 4.52 Å². The van der Waals surface area contributed by atoms with E-state index in [0.717, 1.165) is 36.1 Å². The Morgan fingerprint density at radius 2 is 2.03 bits per heavy atom. The summed E-state index contributed by atoms with van der Waals surface area (Å²) in [4.78, 5) is 18.9. The van der Waals surface area contributed by atoms with Crippen LogP contribution in [0.5, 0.6) is 0 Å². The quantitative estimate of drug-likeness (QED) is 0.668. The molecule has 0 spiro atoms. The van der Waals surface area contributed by atoms with Crippen molar-refractivity contribution in [2.24, 2.45) is 0 Å². The second-order valence-corrected chi connectivity index (χ2v) is 7.09. The average molecular weight is 398 g/mol. The van der Waals surface area contributed by atoms with E-state index in [1.165, 1.54) is 6.07 Å². The maximum Gasteiger partial charge on any atom is 0.322 e. The van der Waals surface area contributed by atoms with Gasteiger partial charge in [-0.05, 0) is 44.4 Å². The first-order valence-electron chi connectivity index (χ1n) is 9.44. The summed E-state index contributed by atoms with van der Waals surface area (Å²) in [6, 6.07) is 10.2. The molecule has 1 N–H and O–H groups in total. The minimum Gasteiger partial charge on any atom is -0.337 e. The van der Waals surface area contributed by atoms with E-state index in [2.05, 4.69) is 15.5 Å². The van der Waals surface area contributed by atoms with Crippen molar-refractivity contribution in [3.8, 4) is 11.4 Å². The number of nitrogens with zero attached hydrogens (tertiary/aromatic N) is 3. The molecule has 0 unspecified atom stereocenters. The molecule has 1 atom stereocenters. The molecule has 1 saturated heterocycles. The average Bonchev–Trinajstić information content (AvgIpc) is 3.21. The number of halogens is 2. The minimum atomic E-state index is -1.02. The third-order valence-electron chi connectivity index (χ3n) is 4.94. The van der Waals surface area contributed by atoms with Gasteiger partial charge in [-0.3, -0.25) is 0 Å². The Balaban J connectivity index is 1.54. The van der Waals surface area contributed by atoms with Gasteiger partial charge in [0.2, 0.25) is 11.7 Å². The Labute approximate surface area is 166 Å². The van der Waals surface area contributed by atoms with Crippen LogP contribution in [0, 0.1) is 18.6 Å². The van der Waals surface area contributed by atoms with Crippen LogP contribution >= 0.6 is 0 Å². The van der Waals surface area contributed by atoms with Crippen molar-refractivity contribution in [1.82, 2.24) is 15.0 Å². The molecule has 4 rings (SSSR count). The lowest BCUT2D eigenvalue weighted by Crippen LogP contribution is -2.41. The summed E-state index contributed by atoms with van der Waals surface area (Å²) in [6.07, 6.45) is 2.43. The SMILES string of the molecule is Cc1cccc(-c2noc([C@@H]3CCCCN3C(=O)Nc3ccc(F)c(F)c3)n2)c1. The summed E-state index contributed by atoms with van der Waals surface area (Å²) < 4.78 is 32.0. The van der Waals surface area contributed by atoms with E-state index in [1.807, 2.05) is 31.2 Å². The number of nitrogens with one attached hydrogen (secondary N) is 1. The fourth-order valence-electron chi connectivity index (χ4n) is 3.47. The van der Waals surface area contributed by atoms with Crippen molar-refractivity contribution in [3.63, 3.8) is 0 Å². The number of carbonyl (C=O) groups is 1. The molecule has 1 fully saturated rings. The number of hydrogen-bond acceptors (Lipinski definition) is 4. The third-order valence-corrected chi connectivity index (χ3v) is 4.94. The van der Waals surface area contributed by atoms with Crippen molar-refractivity contribution >= 4 is 11.7 Å². The zero-order valence-corrected chi connectivity index (χ0v) is 15.9. The molecule has 6 nitrogen and oxygen atoms in total. The first-order chi connectivity index (χ1) is 14.0. The van der Waals surface area contributed by atoms with E-state index >= 15 is 0 Å². The monoisotopic (exact) mass is 398 g/mol. The minimum absolute atomic E-state index is 0.184. The molecule has 2 amide bonds. The number of aromatic nitrogens is 2. The first kappa shape index (κ1) is 19.0. The normalized spacial score (nSPS) is 16.7. The molecule has 0 aliphatic carbocycles. The number of amides is 2. The lowest BCUT2D eigenvalue weighted by Gasteiger charge is -2.33. The topological polar surface area (TPSA) is 71.3 Å². The van der Waals surface area contributed by atoms with Gasteiger partial charge in [-0.1, -0.05) is 28.9 Å². The Morgan fingerprint density at radius 3 is 2.83 bits per heavy atom. The van der Waals surface area contributed by atoms with Crippen LogP contribution < -0.4 is 5.32 Å². The molecular weight excluding hydrogens is 378 g/mol. The van der Waals surface area contributed by atoms with Crippen LogP contribution in [-0.2, 0) is 0 Å². The zero-order valence-electron chi connectivity index (χ0n) is 15.9. The van der Waals surface area contributed by atoms with E-state index in [9.17, 15) is 13.6 Å². The predicted octanol–water partition coefficient (Wildman–Crippen LogP) is 5.08. The molecule has 2 heterocycles. The highest BCUT2D eigenvalue weighted by Gasteiger charge is 2.32. The molecule has 0 saturated carbocycles. The molecular formula is C21H20F2N4O2. The Bertz CT molecular complexity index is 1040. The maximum absolute atomic E-state index is 13.4. The van der Waals surface area contributed by atoms with Crippen LogP contribution in [0.1, 0.15) is 36.8 Å². The van der Waals surface area contributed by atoms with E-state index in [1.54, 1.807) is 4.90 Å². The molecule has 0 bridgehead atoms. The number of rotatable bonds is 3. The third kappa shape index (κ3) is 4.11. The van der Waals surface area contributed by atoms with Gasteiger partial charge in [0, 0.05) is 23.9 Å². The fourth-order valence-corrected chi connectivity index (χ4v) is 3.47. The van der Waals surface area contributed by atoms with Crippen LogP contribution in [-0.4, -0.2) is 27.6 Å². The lowest BCUT2D eigenvalue weighted by molar-refractivity contribution is 0.142. The van der Waals surface area contributed by atoms with E-state index < -0.39 is 17.7 Å². The number of anilines is 1. The Hall–Kier alpha value is -3.29. The lowest BCUT2D eigenvalue weighted by atomic mass is 10.0. The van der Waals surface area contributed by atoms with Gasteiger partial charge in [0.15, 0.2) is 11.6 Å². The van der Waals surface area contributed by atoms with Crippen LogP contribution in [0.2, 0.25) is 0 Å². The van der Waals surface area contributed by atoms with Gasteiger partial charge < -0.3 is 14.7 Å². The summed E-state index contributed by atoms with van der Waals surface area (Å²) in [5.74, 6) is -1.15. The van der Waals surface area contributed by atoms with Crippen molar-refractivity contribution in [2.45, 2.75) is 32.2 Å². The number of carbonyl (C=O) groups excluding carboxylic acids is 1. The molecule has 150 valence electrons. The van der Waals surface area contributed by atoms with Crippen molar-refractivity contribution < 1.29 is 18.1 Å². The number of likely N-dealkylation sites (tertiary alicyclic amines) is 1. The molecule has 8 heteroatoms. The van der Waals surface area contributed by atoms with Gasteiger partial charge in [0.05, 0.1) is 0 Å². The van der Waals surface area contributed by atoms with Gasteiger partial charge in [0.1, 0.15) is 6.04 Å². The second-order valence-electron chi connectivity index (χ2n) is 7.09. The molecule has 1 aromatic heterocycles. The maximum atomic E-state index is 13.4. The Kier molecular flexibility index (Phi) is 5.24.